The van der Waals surface area contributed by atoms with E-state index in [9.17, 15) is 14.4 Å². The standard InChI is InChI=1S/C15H21NO6/c1-5-15(8-10(17)18)11(13(19)21-6-2)9(4)12(16-15)14(20)22-7-3/h5-8H2,1-4H3,(H,17,18). The molecule has 0 bridgehead atoms. The lowest BCUT2D eigenvalue weighted by Crippen LogP contribution is -2.34. The van der Waals surface area contributed by atoms with Gasteiger partial charge in [-0.15, -0.1) is 0 Å². The monoisotopic (exact) mass is 311 g/mol. The van der Waals surface area contributed by atoms with Gasteiger partial charge >= 0.3 is 17.9 Å². The molecule has 0 saturated heterocycles. The van der Waals surface area contributed by atoms with Crippen LogP contribution < -0.4 is 0 Å². The molecule has 0 amide bonds. The molecule has 0 aliphatic carbocycles. The minimum atomic E-state index is -1.29. The van der Waals surface area contributed by atoms with E-state index in [1.54, 1.807) is 27.7 Å². The van der Waals surface area contributed by atoms with Gasteiger partial charge in [0.05, 0.1) is 25.2 Å². The molecule has 1 aliphatic rings. The summed E-state index contributed by atoms with van der Waals surface area (Å²) in [6, 6.07) is 0. The number of hydrogen-bond donors (Lipinski definition) is 1. The van der Waals surface area contributed by atoms with Crippen LogP contribution in [0.2, 0.25) is 0 Å². The van der Waals surface area contributed by atoms with Crippen LogP contribution in [0.25, 0.3) is 0 Å². The Morgan fingerprint density at radius 2 is 1.64 bits per heavy atom. The predicted octanol–water partition coefficient (Wildman–Crippen LogP) is 1.51. The summed E-state index contributed by atoms with van der Waals surface area (Å²) >= 11 is 0. The summed E-state index contributed by atoms with van der Waals surface area (Å²) in [6.45, 7) is 6.90. The number of hydrogen-bond acceptors (Lipinski definition) is 6. The molecule has 22 heavy (non-hydrogen) atoms. The van der Waals surface area contributed by atoms with Crippen molar-refractivity contribution in [3.8, 4) is 0 Å². The number of carbonyl (C=O) groups is 3. The summed E-state index contributed by atoms with van der Waals surface area (Å²) in [5.74, 6) is -2.42. The molecule has 7 nitrogen and oxygen atoms in total. The molecule has 0 fully saturated rings. The van der Waals surface area contributed by atoms with E-state index < -0.39 is 29.9 Å². The van der Waals surface area contributed by atoms with Crippen LogP contribution in [0.4, 0.5) is 0 Å². The fourth-order valence-corrected chi connectivity index (χ4v) is 2.52. The highest BCUT2D eigenvalue weighted by molar-refractivity contribution is 6.45. The maximum absolute atomic E-state index is 12.2. The number of carboxylic acid groups (broad SMARTS) is 1. The van der Waals surface area contributed by atoms with E-state index >= 15 is 0 Å². The first kappa shape index (κ1) is 17.9. The Bertz CT molecular complexity index is 548. The van der Waals surface area contributed by atoms with Crippen molar-refractivity contribution in [2.75, 3.05) is 13.2 Å². The second-order valence-corrected chi connectivity index (χ2v) is 4.86. The van der Waals surface area contributed by atoms with Gasteiger partial charge in [0.1, 0.15) is 11.3 Å². The number of aliphatic imine (C=N–C) groups is 1. The summed E-state index contributed by atoms with van der Waals surface area (Å²) in [4.78, 5) is 39.7. The largest absolute Gasteiger partial charge is 0.481 e. The second kappa shape index (κ2) is 7.20. The third kappa shape index (κ3) is 3.35. The van der Waals surface area contributed by atoms with Crippen LogP contribution in [-0.4, -0.2) is 47.5 Å². The normalized spacial score (nSPS) is 20.6. The van der Waals surface area contributed by atoms with Crippen molar-refractivity contribution in [3.05, 3.63) is 11.1 Å². The van der Waals surface area contributed by atoms with Crippen molar-refractivity contribution < 1.29 is 29.0 Å². The van der Waals surface area contributed by atoms with Crippen molar-refractivity contribution >= 4 is 23.6 Å². The molecule has 1 aliphatic heterocycles. The molecular weight excluding hydrogens is 290 g/mol. The molecule has 0 aromatic rings. The smallest absolute Gasteiger partial charge is 0.356 e. The number of carboxylic acids is 1. The maximum atomic E-state index is 12.2. The van der Waals surface area contributed by atoms with Crippen molar-refractivity contribution in [2.24, 2.45) is 4.99 Å². The lowest BCUT2D eigenvalue weighted by Gasteiger charge is -2.25. The first-order valence-corrected chi connectivity index (χ1v) is 7.20. The molecule has 1 atom stereocenters. The molecular formula is C15H21NO6. The van der Waals surface area contributed by atoms with E-state index in [1.807, 2.05) is 0 Å². The highest BCUT2D eigenvalue weighted by Crippen LogP contribution is 2.39. The van der Waals surface area contributed by atoms with E-state index in [2.05, 4.69) is 4.99 Å². The van der Waals surface area contributed by atoms with E-state index in [4.69, 9.17) is 14.6 Å². The van der Waals surface area contributed by atoms with Gasteiger partial charge in [-0.3, -0.25) is 9.79 Å². The molecule has 7 heteroatoms. The summed E-state index contributed by atoms with van der Waals surface area (Å²) in [5, 5.41) is 9.15. The van der Waals surface area contributed by atoms with Gasteiger partial charge in [0.2, 0.25) is 0 Å². The third-order valence-electron chi connectivity index (χ3n) is 3.50. The third-order valence-corrected chi connectivity index (χ3v) is 3.50. The Labute approximate surface area is 129 Å². The number of aliphatic carboxylic acids is 1. The van der Waals surface area contributed by atoms with Crippen molar-refractivity contribution in [3.63, 3.8) is 0 Å². The zero-order valence-electron chi connectivity index (χ0n) is 13.3. The van der Waals surface area contributed by atoms with Gasteiger partial charge < -0.3 is 14.6 Å². The van der Waals surface area contributed by atoms with Gasteiger partial charge in [0.15, 0.2) is 0 Å². The summed E-state index contributed by atoms with van der Waals surface area (Å²) in [7, 11) is 0. The molecule has 0 aromatic carbocycles. The summed E-state index contributed by atoms with van der Waals surface area (Å²) in [6.07, 6.45) is -0.133. The quantitative estimate of drug-likeness (QED) is 0.715. The van der Waals surface area contributed by atoms with Crippen molar-refractivity contribution in [2.45, 2.75) is 46.1 Å². The number of carbonyl (C=O) groups excluding carboxylic acids is 2. The first-order valence-electron chi connectivity index (χ1n) is 7.20. The zero-order valence-corrected chi connectivity index (χ0v) is 13.3. The predicted molar refractivity (Wildman–Crippen MR) is 78.7 cm³/mol. The van der Waals surface area contributed by atoms with E-state index in [-0.39, 0.29) is 30.9 Å². The van der Waals surface area contributed by atoms with Crippen LogP contribution in [0.15, 0.2) is 16.1 Å². The zero-order chi connectivity index (χ0) is 16.9. The highest BCUT2D eigenvalue weighted by Gasteiger charge is 2.47. The Balaban J connectivity index is 3.40. The van der Waals surface area contributed by atoms with Crippen LogP contribution in [0.3, 0.4) is 0 Å². The molecule has 1 N–H and O–H groups in total. The van der Waals surface area contributed by atoms with Crippen LogP contribution in [0.5, 0.6) is 0 Å². The van der Waals surface area contributed by atoms with Gasteiger partial charge in [0, 0.05) is 0 Å². The summed E-state index contributed by atoms with van der Waals surface area (Å²) < 4.78 is 9.93. The first-order chi connectivity index (χ1) is 10.3. The van der Waals surface area contributed by atoms with Crippen LogP contribution in [-0.2, 0) is 23.9 Å². The number of rotatable bonds is 7. The Hall–Kier alpha value is -2.18. The SMILES string of the molecule is CCOC(=O)C1=NC(CC)(CC(=O)O)C(C(=O)OCC)=C1C. The molecule has 122 valence electrons. The molecule has 0 spiro atoms. The number of nitrogens with zero attached hydrogens (tertiary/aromatic N) is 1. The van der Waals surface area contributed by atoms with E-state index in [0.717, 1.165) is 0 Å². The van der Waals surface area contributed by atoms with Gasteiger partial charge in [-0.2, -0.15) is 0 Å². The fourth-order valence-electron chi connectivity index (χ4n) is 2.52. The lowest BCUT2D eigenvalue weighted by molar-refractivity contribution is -0.140. The van der Waals surface area contributed by atoms with Crippen LogP contribution >= 0.6 is 0 Å². The number of esters is 2. The minimum absolute atomic E-state index is 0.00648. The van der Waals surface area contributed by atoms with E-state index in [0.29, 0.717) is 5.57 Å². The average Bonchev–Trinajstić information content (AvgIpc) is 2.72. The maximum Gasteiger partial charge on any atom is 0.356 e. The Morgan fingerprint density at radius 3 is 2.09 bits per heavy atom. The van der Waals surface area contributed by atoms with Gasteiger partial charge in [-0.25, -0.2) is 9.59 Å². The van der Waals surface area contributed by atoms with Gasteiger partial charge in [0.25, 0.3) is 0 Å². The Kier molecular flexibility index (Phi) is 5.84. The second-order valence-electron chi connectivity index (χ2n) is 4.86. The van der Waals surface area contributed by atoms with Crippen molar-refractivity contribution in [1.82, 2.24) is 0 Å². The summed E-state index contributed by atoms with van der Waals surface area (Å²) in [5.41, 5.74) is -0.847. The number of ether oxygens (including phenoxy) is 2. The fraction of sp³-hybridized carbons (Fsp3) is 0.600. The van der Waals surface area contributed by atoms with E-state index in [1.165, 1.54) is 0 Å². The topological polar surface area (TPSA) is 102 Å². The van der Waals surface area contributed by atoms with Crippen LogP contribution in [0.1, 0.15) is 40.5 Å². The molecule has 0 aromatic heterocycles. The van der Waals surface area contributed by atoms with Crippen LogP contribution in [0, 0.1) is 0 Å². The molecule has 0 radical (unpaired) electrons. The van der Waals surface area contributed by atoms with Gasteiger partial charge in [-0.1, -0.05) is 6.92 Å². The molecule has 0 saturated carbocycles. The van der Waals surface area contributed by atoms with Gasteiger partial charge in [-0.05, 0) is 32.8 Å². The average molecular weight is 311 g/mol. The molecule has 1 heterocycles. The Morgan fingerprint density at radius 1 is 1.09 bits per heavy atom. The molecule has 1 rings (SSSR count). The lowest BCUT2D eigenvalue weighted by atomic mass is 9.83. The van der Waals surface area contributed by atoms with Crippen molar-refractivity contribution in [1.29, 1.82) is 0 Å². The minimum Gasteiger partial charge on any atom is -0.481 e. The highest BCUT2D eigenvalue weighted by atomic mass is 16.5. The molecule has 1 unspecified atom stereocenters.